The van der Waals surface area contributed by atoms with Gasteiger partial charge in [-0.25, -0.2) is 0 Å². The lowest BCUT2D eigenvalue weighted by atomic mass is 10.0. The Morgan fingerprint density at radius 2 is 2.25 bits per heavy atom. The molecule has 0 aromatic carbocycles. The van der Waals surface area contributed by atoms with Gasteiger partial charge in [-0.3, -0.25) is 4.79 Å². The number of aromatic nitrogens is 1. The van der Waals surface area contributed by atoms with E-state index in [0.29, 0.717) is 5.39 Å². The van der Waals surface area contributed by atoms with Crippen molar-refractivity contribution in [3.8, 4) is 6.07 Å². The van der Waals surface area contributed by atoms with Crippen molar-refractivity contribution in [1.29, 1.82) is 5.26 Å². The van der Waals surface area contributed by atoms with Crippen LogP contribution in [0.5, 0.6) is 0 Å². The van der Waals surface area contributed by atoms with E-state index < -0.39 is 0 Å². The Balaban J connectivity index is 2.97. The molecular weight excluding hydrogens is 335 g/mol. The SMILES string of the molecule is CC(C)c1c(I)sc2[nH]cc(C#N)c(=O)c12. The molecule has 2 aromatic rings. The number of rotatable bonds is 1. The summed E-state index contributed by atoms with van der Waals surface area (Å²) in [7, 11) is 0. The summed E-state index contributed by atoms with van der Waals surface area (Å²) in [6, 6.07) is 1.92. The van der Waals surface area contributed by atoms with Crippen LogP contribution >= 0.6 is 33.9 Å². The molecule has 3 nitrogen and oxygen atoms in total. The highest BCUT2D eigenvalue weighted by Gasteiger charge is 2.17. The highest BCUT2D eigenvalue weighted by Crippen LogP contribution is 2.34. The van der Waals surface area contributed by atoms with Crippen LogP contribution < -0.4 is 5.43 Å². The molecule has 0 atom stereocenters. The Bertz CT molecular complexity index is 648. The van der Waals surface area contributed by atoms with E-state index in [1.807, 2.05) is 6.07 Å². The lowest BCUT2D eigenvalue weighted by Gasteiger charge is -2.03. The monoisotopic (exact) mass is 344 g/mol. The van der Waals surface area contributed by atoms with E-state index in [2.05, 4.69) is 41.4 Å². The summed E-state index contributed by atoms with van der Waals surface area (Å²) >= 11 is 3.81. The van der Waals surface area contributed by atoms with Crippen molar-refractivity contribution in [1.82, 2.24) is 4.98 Å². The first-order chi connectivity index (χ1) is 7.56. The van der Waals surface area contributed by atoms with Crippen molar-refractivity contribution >= 4 is 44.1 Å². The van der Waals surface area contributed by atoms with Gasteiger partial charge in [0.2, 0.25) is 5.43 Å². The quantitative estimate of drug-likeness (QED) is 0.808. The third-order valence-corrected chi connectivity index (χ3v) is 4.58. The molecule has 0 spiro atoms. The van der Waals surface area contributed by atoms with Gasteiger partial charge in [-0.05, 0) is 34.1 Å². The fourth-order valence-corrected chi connectivity index (χ4v) is 4.28. The van der Waals surface area contributed by atoms with E-state index in [1.165, 1.54) is 6.20 Å². The van der Waals surface area contributed by atoms with E-state index in [1.54, 1.807) is 11.3 Å². The second-order valence-electron chi connectivity index (χ2n) is 3.79. The number of hydrogen-bond acceptors (Lipinski definition) is 3. The van der Waals surface area contributed by atoms with Crippen LogP contribution in [0.25, 0.3) is 10.2 Å². The Morgan fingerprint density at radius 3 is 2.81 bits per heavy atom. The van der Waals surface area contributed by atoms with E-state index >= 15 is 0 Å². The zero-order chi connectivity index (χ0) is 11.9. The summed E-state index contributed by atoms with van der Waals surface area (Å²) < 4.78 is 1.12. The summed E-state index contributed by atoms with van der Waals surface area (Å²) in [4.78, 5) is 15.9. The number of fused-ring (bicyclic) bond motifs is 1. The predicted octanol–water partition coefficient (Wildman–Crippen LogP) is 3.19. The van der Waals surface area contributed by atoms with Gasteiger partial charge in [0.15, 0.2) is 0 Å². The summed E-state index contributed by atoms with van der Waals surface area (Å²) in [5, 5.41) is 9.53. The Kier molecular flexibility index (Phi) is 3.04. The molecule has 1 N–H and O–H groups in total. The first-order valence-electron chi connectivity index (χ1n) is 4.80. The summed E-state index contributed by atoms with van der Waals surface area (Å²) in [5.41, 5.74) is 1.08. The van der Waals surface area contributed by atoms with Crippen molar-refractivity contribution in [2.45, 2.75) is 19.8 Å². The Morgan fingerprint density at radius 1 is 1.56 bits per heavy atom. The first-order valence-corrected chi connectivity index (χ1v) is 6.69. The lowest BCUT2D eigenvalue weighted by Crippen LogP contribution is -2.08. The first kappa shape index (κ1) is 11.6. The molecule has 2 aromatic heterocycles. The maximum absolute atomic E-state index is 12.1. The topological polar surface area (TPSA) is 56.6 Å². The maximum atomic E-state index is 12.1. The highest BCUT2D eigenvalue weighted by atomic mass is 127. The fraction of sp³-hybridized carbons (Fsp3) is 0.273. The Hall–Kier alpha value is -0.870. The maximum Gasteiger partial charge on any atom is 0.208 e. The minimum Gasteiger partial charge on any atom is -0.351 e. The van der Waals surface area contributed by atoms with Crippen LogP contribution in [0.2, 0.25) is 0 Å². The molecule has 0 fully saturated rings. The molecule has 0 aliphatic rings. The van der Waals surface area contributed by atoms with Gasteiger partial charge in [0.25, 0.3) is 0 Å². The van der Waals surface area contributed by atoms with Gasteiger partial charge >= 0.3 is 0 Å². The van der Waals surface area contributed by atoms with Crippen LogP contribution in [0.4, 0.5) is 0 Å². The number of hydrogen-bond donors (Lipinski definition) is 1. The predicted molar refractivity (Wildman–Crippen MR) is 74.0 cm³/mol. The molecule has 0 radical (unpaired) electrons. The molecule has 16 heavy (non-hydrogen) atoms. The minimum absolute atomic E-state index is 0.154. The van der Waals surface area contributed by atoms with Gasteiger partial charge in [0, 0.05) is 6.20 Å². The molecular formula is C11H9IN2OS. The van der Waals surface area contributed by atoms with Gasteiger partial charge in [-0.1, -0.05) is 13.8 Å². The van der Waals surface area contributed by atoms with Crippen LogP contribution in [0, 0.1) is 14.2 Å². The molecule has 0 aliphatic heterocycles. The van der Waals surface area contributed by atoms with E-state index in [-0.39, 0.29) is 16.9 Å². The third kappa shape index (κ3) is 1.66. The lowest BCUT2D eigenvalue weighted by molar-refractivity contribution is 0.874. The standard InChI is InChI=1S/C11H9IN2OS/c1-5(2)7-8-9(15)6(3-13)4-14-11(8)16-10(7)12/h4-5H,1-2H3,(H,14,15). The molecule has 5 heteroatoms. The fourth-order valence-electron chi connectivity index (χ4n) is 1.68. The number of thiophene rings is 1. The average Bonchev–Trinajstić information content (AvgIpc) is 2.56. The van der Waals surface area contributed by atoms with Gasteiger partial charge < -0.3 is 4.98 Å². The molecule has 0 aliphatic carbocycles. The molecule has 2 heterocycles. The number of pyridine rings is 1. The molecule has 82 valence electrons. The zero-order valence-corrected chi connectivity index (χ0v) is 11.8. The van der Waals surface area contributed by atoms with Crippen LogP contribution in [0.1, 0.15) is 30.9 Å². The van der Waals surface area contributed by atoms with Crippen molar-refractivity contribution in [2.75, 3.05) is 0 Å². The Labute approximate surface area is 110 Å². The number of nitriles is 1. The average molecular weight is 344 g/mol. The second kappa shape index (κ2) is 4.18. The molecule has 0 amide bonds. The number of nitrogens with zero attached hydrogens (tertiary/aromatic N) is 1. The highest BCUT2D eigenvalue weighted by molar-refractivity contribution is 14.1. The number of aromatic amines is 1. The molecule has 0 saturated carbocycles. The van der Waals surface area contributed by atoms with Gasteiger partial charge in [0.1, 0.15) is 16.5 Å². The van der Waals surface area contributed by atoms with Gasteiger partial charge in [0.05, 0.1) is 8.27 Å². The van der Waals surface area contributed by atoms with Gasteiger partial charge in [-0.15, -0.1) is 11.3 Å². The van der Waals surface area contributed by atoms with Crippen LogP contribution in [0.15, 0.2) is 11.0 Å². The van der Waals surface area contributed by atoms with Crippen molar-refractivity contribution in [2.24, 2.45) is 0 Å². The molecule has 2 rings (SSSR count). The van der Waals surface area contributed by atoms with Crippen LogP contribution in [0.3, 0.4) is 0 Å². The van der Waals surface area contributed by atoms with Crippen molar-refractivity contribution in [3.63, 3.8) is 0 Å². The van der Waals surface area contributed by atoms with E-state index in [0.717, 1.165) is 13.3 Å². The van der Waals surface area contributed by atoms with Crippen LogP contribution in [-0.2, 0) is 0 Å². The second-order valence-corrected chi connectivity index (χ2v) is 6.62. The van der Waals surface area contributed by atoms with Crippen molar-refractivity contribution < 1.29 is 0 Å². The number of halogens is 1. The molecule has 0 saturated heterocycles. The zero-order valence-electron chi connectivity index (χ0n) is 8.80. The summed E-state index contributed by atoms with van der Waals surface area (Å²) in [5.74, 6) is 0.288. The van der Waals surface area contributed by atoms with Crippen LogP contribution in [-0.4, -0.2) is 4.98 Å². The minimum atomic E-state index is -0.154. The van der Waals surface area contributed by atoms with Crippen molar-refractivity contribution in [3.05, 3.63) is 30.4 Å². The summed E-state index contributed by atoms with van der Waals surface area (Å²) in [6.45, 7) is 4.12. The number of H-pyrrole nitrogens is 1. The smallest absolute Gasteiger partial charge is 0.208 e. The third-order valence-electron chi connectivity index (χ3n) is 2.42. The number of nitrogens with one attached hydrogen (secondary N) is 1. The van der Waals surface area contributed by atoms with Gasteiger partial charge in [-0.2, -0.15) is 5.26 Å². The largest absolute Gasteiger partial charge is 0.351 e. The molecule has 0 bridgehead atoms. The molecule has 0 unspecified atom stereocenters. The summed E-state index contributed by atoms with van der Waals surface area (Å²) in [6.07, 6.45) is 1.49. The van der Waals surface area contributed by atoms with E-state index in [9.17, 15) is 4.79 Å². The van der Waals surface area contributed by atoms with E-state index in [4.69, 9.17) is 5.26 Å². The normalized spacial score (nSPS) is 10.9.